The van der Waals surface area contributed by atoms with E-state index in [1.54, 1.807) is 0 Å². The van der Waals surface area contributed by atoms with Crippen LogP contribution in [0.25, 0.3) is 0 Å². The van der Waals surface area contributed by atoms with Gasteiger partial charge in [-0.25, -0.2) is 0 Å². The van der Waals surface area contributed by atoms with Gasteiger partial charge >= 0.3 is 0 Å². The molecule has 4 heteroatoms. The van der Waals surface area contributed by atoms with Crippen molar-refractivity contribution >= 4 is 41.3 Å². The summed E-state index contributed by atoms with van der Waals surface area (Å²) < 4.78 is 8.92. The fourth-order valence-corrected chi connectivity index (χ4v) is 8.45. The minimum absolute atomic E-state index is 0.0531. The number of aliphatic hydroxyl groups is 1. The van der Waals surface area contributed by atoms with Crippen LogP contribution in [0.15, 0.2) is 70.8 Å². The molecule has 0 aliphatic carbocycles. The lowest BCUT2D eigenvalue weighted by molar-refractivity contribution is 0.179. The molecule has 1 N–H and O–H groups in total. The van der Waals surface area contributed by atoms with Crippen LogP contribution in [-0.4, -0.2) is 26.1 Å². The van der Waals surface area contributed by atoms with Gasteiger partial charge in [-0.05, 0) is 25.9 Å². The third kappa shape index (κ3) is 4.61. The highest BCUT2D eigenvalue weighted by Crippen LogP contribution is 2.37. The average molecular weight is 466 g/mol. The van der Waals surface area contributed by atoms with E-state index in [9.17, 15) is 5.11 Å². The monoisotopic (exact) mass is 466 g/mol. The van der Waals surface area contributed by atoms with Gasteiger partial charge in [-0.3, -0.25) is 0 Å². The van der Waals surface area contributed by atoms with E-state index in [4.69, 9.17) is 4.43 Å². The molecular weight excluding hydrogens is 439 g/mol. The van der Waals surface area contributed by atoms with Crippen LogP contribution >= 0.6 is 22.6 Å². The highest BCUT2D eigenvalue weighted by atomic mass is 127. The summed E-state index contributed by atoms with van der Waals surface area (Å²) in [6, 6.07) is 21.2. The van der Waals surface area contributed by atoms with Crippen molar-refractivity contribution in [3.8, 4) is 0 Å². The minimum Gasteiger partial charge on any atom is -0.401 e. The van der Waals surface area contributed by atoms with Gasteiger partial charge in [0.1, 0.15) is 0 Å². The van der Waals surface area contributed by atoms with E-state index < -0.39 is 8.32 Å². The predicted octanol–water partition coefficient (Wildman–Crippen LogP) is 4.26. The Morgan fingerprint density at radius 3 is 1.84 bits per heavy atom. The molecule has 2 nitrogen and oxygen atoms in total. The van der Waals surface area contributed by atoms with Crippen LogP contribution in [0.4, 0.5) is 0 Å². The molecule has 0 spiro atoms. The van der Waals surface area contributed by atoms with E-state index in [2.05, 4.69) is 98.0 Å². The Hall–Kier alpha value is -0.953. The molecule has 0 fully saturated rings. The molecule has 134 valence electrons. The second kappa shape index (κ2) is 9.12. The zero-order valence-electron chi connectivity index (χ0n) is 15.2. The summed E-state index contributed by atoms with van der Waals surface area (Å²) in [5, 5.41) is 12.0. The van der Waals surface area contributed by atoms with Gasteiger partial charge in [-0.15, -0.1) is 0 Å². The largest absolute Gasteiger partial charge is 0.401 e. The van der Waals surface area contributed by atoms with Crippen molar-refractivity contribution in [3.63, 3.8) is 0 Å². The molecule has 2 rings (SSSR count). The number of hydrogen-bond acceptors (Lipinski definition) is 2. The summed E-state index contributed by atoms with van der Waals surface area (Å²) in [7, 11) is -2.55. The Labute approximate surface area is 166 Å². The fraction of sp³-hybridized carbons (Fsp3) is 0.333. The second-order valence-electron chi connectivity index (χ2n) is 7.15. The zero-order valence-corrected chi connectivity index (χ0v) is 18.3. The zero-order chi connectivity index (χ0) is 18.3. The van der Waals surface area contributed by atoms with E-state index in [0.29, 0.717) is 6.42 Å². The Morgan fingerprint density at radius 1 is 1.00 bits per heavy atom. The van der Waals surface area contributed by atoms with Crippen molar-refractivity contribution in [2.24, 2.45) is 0 Å². The molecule has 0 saturated carbocycles. The Bertz CT molecular complexity index is 626. The van der Waals surface area contributed by atoms with Gasteiger partial charge in [0.2, 0.25) is 0 Å². The molecule has 1 unspecified atom stereocenters. The van der Waals surface area contributed by atoms with E-state index in [0.717, 1.165) is 0 Å². The molecule has 0 aliphatic heterocycles. The summed E-state index contributed by atoms with van der Waals surface area (Å²) in [4.78, 5) is 0. The molecule has 0 bridgehead atoms. The standard InChI is InChI=1S/C21H27IO2Si/c1-21(2,3)25(19-10-6-4-7-11-19,20-12-8-5-9-13-20)24-18(14-16-22)15-17-23/h4-14,16,18,23H,15,17H2,1-3H3/b16-14+. The smallest absolute Gasteiger partial charge is 0.261 e. The number of benzene rings is 2. The minimum atomic E-state index is -2.55. The third-order valence-corrected chi connectivity index (χ3v) is 9.92. The predicted molar refractivity (Wildman–Crippen MR) is 117 cm³/mol. The van der Waals surface area contributed by atoms with E-state index in [-0.39, 0.29) is 17.7 Å². The molecule has 0 aliphatic rings. The summed E-state index contributed by atoms with van der Waals surface area (Å²) in [6.45, 7) is 6.92. The van der Waals surface area contributed by atoms with Crippen LogP contribution in [0.5, 0.6) is 0 Å². The van der Waals surface area contributed by atoms with Gasteiger partial charge in [0, 0.05) is 6.61 Å². The molecule has 0 radical (unpaired) electrons. The molecule has 0 aromatic heterocycles. The Balaban J connectivity index is 2.68. The molecule has 2 aromatic carbocycles. The van der Waals surface area contributed by atoms with Crippen LogP contribution in [0.3, 0.4) is 0 Å². The highest BCUT2D eigenvalue weighted by molar-refractivity contribution is 14.1. The normalized spacial score (nSPS) is 14.0. The maximum Gasteiger partial charge on any atom is 0.261 e. The van der Waals surface area contributed by atoms with Gasteiger partial charge < -0.3 is 9.53 Å². The SMILES string of the molecule is CC(C)(C)[Si](OC(/C=C/I)CCO)(c1ccccc1)c1ccccc1. The van der Waals surface area contributed by atoms with Crippen LogP contribution in [0.2, 0.25) is 5.04 Å². The Kier molecular flexibility index (Phi) is 7.43. The molecular formula is C21H27IO2Si. The van der Waals surface area contributed by atoms with E-state index in [1.807, 2.05) is 16.2 Å². The maximum atomic E-state index is 9.50. The lowest BCUT2D eigenvalue weighted by Gasteiger charge is -2.44. The van der Waals surface area contributed by atoms with Gasteiger partial charge in [0.05, 0.1) is 6.10 Å². The third-order valence-electron chi connectivity index (χ3n) is 4.45. The van der Waals surface area contributed by atoms with Gasteiger partial charge in [-0.2, -0.15) is 0 Å². The highest BCUT2D eigenvalue weighted by Gasteiger charge is 2.51. The van der Waals surface area contributed by atoms with Gasteiger partial charge in [0.15, 0.2) is 0 Å². The summed E-state index contributed by atoms with van der Waals surface area (Å²) in [5.41, 5.74) is 0. The van der Waals surface area contributed by atoms with Gasteiger partial charge in [0.25, 0.3) is 8.32 Å². The molecule has 0 saturated heterocycles. The second-order valence-corrected chi connectivity index (χ2v) is 12.1. The summed E-state index contributed by atoms with van der Waals surface area (Å²) in [6.07, 6.45) is 2.55. The van der Waals surface area contributed by atoms with Crippen LogP contribution < -0.4 is 10.4 Å². The summed E-state index contributed by atoms with van der Waals surface area (Å²) in [5.74, 6) is 0. The Morgan fingerprint density at radius 2 is 1.48 bits per heavy atom. The number of hydrogen-bond donors (Lipinski definition) is 1. The molecule has 25 heavy (non-hydrogen) atoms. The van der Waals surface area contributed by atoms with Gasteiger partial charge in [-0.1, -0.05) is 110 Å². The topological polar surface area (TPSA) is 29.5 Å². The quantitative estimate of drug-likeness (QED) is 0.488. The maximum absolute atomic E-state index is 9.50. The van der Waals surface area contributed by atoms with Crippen LogP contribution in [0, 0.1) is 0 Å². The van der Waals surface area contributed by atoms with Crippen molar-refractivity contribution in [3.05, 3.63) is 70.8 Å². The number of aliphatic hydroxyl groups excluding tert-OH is 1. The first kappa shape index (κ1) is 20.4. The first-order chi connectivity index (χ1) is 12.0. The fourth-order valence-electron chi connectivity index (χ4n) is 3.32. The van der Waals surface area contributed by atoms with Crippen molar-refractivity contribution < 1.29 is 9.53 Å². The molecule has 0 heterocycles. The molecule has 0 amide bonds. The summed E-state index contributed by atoms with van der Waals surface area (Å²) >= 11 is 2.22. The number of rotatable bonds is 7. The first-order valence-electron chi connectivity index (χ1n) is 8.62. The lowest BCUT2D eigenvalue weighted by atomic mass is 10.2. The first-order valence-corrected chi connectivity index (χ1v) is 11.8. The molecule has 2 aromatic rings. The number of halogens is 1. The van der Waals surface area contributed by atoms with Crippen molar-refractivity contribution in [2.45, 2.75) is 38.3 Å². The lowest BCUT2D eigenvalue weighted by Crippen LogP contribution is -2.67. The van der Waals surface area contributed by atoms with Crippen molar-refractivity contribution in [2.75, 3.05) is 6.61 Å². The average Bonchev–Trinajstić information content (AvgIpc) is 2.60. The van der Waals surface area contributed by atoms with E-state index in [1.165, 1.54) is 10.4 Å². The molecule has 1 atom stereocenters. The van der Waals surface area contributed by atoms with Crippen LogP contribution in [-0.2, 0) is 4.43 Å². The van der Waals surface area contributed by atoms with Crippen LogP contribution in [0.1, 0.15) is 27.2 Å². The van der Waals surface area contributed by atoms with E-state index >= 15 is 0 Å². The van der Waals surface area contributed by atoms with Crippen molar-refractivity contribution in [1.29, 1.82) is 0 Å². The van der Waals surface area contributed by atoms with Crippen molar-refractivity contribution in [1.82, 2.24) is 0 Å².